The molecule has 0 radical (unpaired) electrons. The number of hydrogen-bond acceptors (Lipinski definition) is 1. The molecule has 0 fully saturated rings. The summed E-state index contributed by atoms with van der Waals surface area (Å²) < 4.78 is 0. The van der Waals surface area contributed by atoms with Gasteiger partial charge in [-0.1, -0.05) is 24.6 Å². The van der Waals surface area contributed by atoms with Gasteiger partial charge in [-0.15, -0.1) is 0 Å². The average Bonchev–Trinajstić information content (AvgIpc) is 2.34. The van der Waals surface area contributed by atoms with Crippen molar-refractivity contribution in [2.45, 2.75) is 46.1 Å². The van der Waals surface area contributed by atoms with E-state index in [1.54, 1.807) is 11.1 Å². The lowest BCUT2D eigenvalue weighted by Crippen LogP contribution is -2.26. The van der Waals surface area contributed by atoms with Crippen LogP contribution in [0.3, 0.4) is 0 Å². The predicted molar refractivity (Wildman–Crippen MR) is 77.9 cm³/mol. The molecule has 3 rings (SSSR count). The van der Waals surface area contributed by atoms with E-state index in [2.05, 4.69) is 39.0 Å². The third-order valence-corrected chi connectivity index (χ3v) is 4.55. The van der Waals surface area contributed by atoms with Crippen LogP contribution in [0.25, 0.3) is 0 Å². The summed E-state index contributed by atoms with van der Waals surface area (Å²) in [5.41, 5.74) is 7.52. The molecule has 0 spiro atoms. The first kappa shape index (κ1) is 11.7. The summed E-state index contributed by atoms with van der Waals surface area (Å²) in [6.45, 7) is 6.69. The highest BCUT2D eigenvalue weighted by Gasteiger charge is 2.33. The Morgan fingerprint density at radius 3 is 3.06 bits per heavy atom. The Morgan fingerprint density at radius 2 is 2.28 bits per heavy atom. The van der Waals surface area contributed by atoms with Gasteiger partial charge in [0.15, 0.2) is 0 Å². The van der Waals surface area contributed by atoms with E-state index in [9.17, 15) is 0 Å². The molecule has 3 aliphatic rings. The summed E-state index contributed by atoms with van der Waals surface area (Å²) in [4.78, 5) is 4.71. The van der Waals surface area contributed by atoms with Crippen LogP contribution < -0.4 is 0 Å². The summed E-state index contributed by atoms with van der Waals surface area (Å²) in [6, 6.07) is 0.387. The Balaban J connectivity index is 1.99. The molecule has 0 saturated carbocycles. The molecule has 0 aromatic rings. The Labute approximate surface area is 110 Å². The highest BCUT2D eigenvalue weighted by molar-refractivity contribution is 5.76. The molecule has 94 valence electrons. The van der Waals surface area contributed by atoms with E-state index in [4.69, 9.17) is 4.99 Å². The molecular formula is C17H21N. The van der Waals surface area contributed by atoms with Crippen LogP contribution in [0, 0.1) is 5.92 Å². The van der Waals surface area contributed by atoms with Crippen LogP contribution in [-0.4, -0.2) is 12.3 Å². The number of nitrogens with zero attached hydrogens (tertiary/aromatic N) is 1. The third-order valence-electron chi connectivity index (χ3n) is 4.55. The van der Waals surface area contributed by atoms with Crippen LogP contribution >= 0.6 is 0 Å². The maximum atomic E-state index is 4.71. The molecule has 2 bridgehead atoms. The fraction of sp³-hybridized carbons (Fsp3) is 0.471. The van der Waals surface area contributed by atoms with Crippen molar-refractivity contribution >= 4 is 6.21 Å². The summed E-state index contributed by atoms with van der Waals surface area (Å²) in [5.74, 6) is 0.688. The smallest absolute Gasteiger partial charge is 0.0794 e. The molecule has 0 aromatic carbocycles. The van der Waals surface area contributed by atoms with E-state index < -0.39 is 0 Å². The van der Waals surface area contributed by atoms with Gasteiger partial charge in [0.25, 0.3) is 0 Å². The Morgan fingerprint density at radius 1 is 1.44 bits per heavy atom. The molecule has 0 amide bonds. The molecule has 1 nitrogen and oxygen atoms in total. The van der Waals surface area contributed by atoms with E-state index in [0.29, 0.717) is 12.0 Å². The number of dihydropyridines is 1. The Bertz CT molecular complexity index is 526. The normalized spacial score (nSPS) is 30.9. The fourth-order valence-corrected chi connectivity index (χ4v) is 3.19. The first-order valence-electron chi connectivity index (χ1n) is 7.01. The largest absolute Gasteiger partial charge is 0.285 e. The van der Waals surface area contributed by atoms with E-state index in [1.807, 2.05) is 6.21 Å². The first-order valence-corrected chi connectivity index (χ1v) is 7.01. The monoisotopic (exact) mass is 239 g/mol. The van der Waals surface area contributed by atoms with Crippen molar-refractivity contribution in [3.63, 3.8) is 0 Å². The van der Waals surface area contributed by atoms with Gasteiger partial charge in [-0.3, -0.25) is 4.99 Å². The summed E-state index contributed by atoms with van der Waals surface area (Å²) >= 11 is 0. The van der Waals surface area contributed by atoms with Crippen molar-refractivity contribution in [1.29, 1.82) is 0 Å². The SMILES string of the molecule is C/C=C(\C)C1=CC2=C1[C@@H]1CC(=CC=N1)CCC2C. The van der Waals surface area contributed by atoms with Crippen molar-refractivity contribution in [2.24, 2.45) is 10.9 Å². The van der Waals surface area contributed by atoms with Crippen molar-refractivity contribution in [1.82, 2.24) is 0 Å². The van der Waals surface area contributed by atoms with Crippen molar-refractivity contribution in [3.8, 4) is 0 Å². The molecular weight excluding hydrogens is 218 g/mol. The number of allylic oxidation sites excluding steroid dienone is 5. The fourth-order valence-electron chi connectivity index (χ4n) is 3.19. The summed E-state index contributed by atoms with van der Waals surface area (Å²) in [6.07, 6.45) is 12.5. The van der Waals surface area contributed by atoms with E-state index in [-0.39, 0.29) is 0 Å². The molecule has 1 unspecified atom stereocenters. The molecule has 18 heavy (non-hydrogen) atoms. The van der Waals surface area contributed by atoms with Crippen LogP contribution in [0.5, 0.6) is 0 Å². The first-order chi connectivity index (χ1) is 8.70. The topological polar surface area (TPSA) is 12.4 Å². The minimum atomic E-state index is 0.387. The van der Waals surface area contributed by atoms with Crippen LogP contribution in [0.1, 0.15) is 40.0 Å². The van der Waals surface area contributed by atoms with Crippen LogP contribution in [0.15, 0.2) is 51.1 Å². The lowest BCUT2D eigenvalue weighted by molar-refractivity contribution is 0.560. The van der Waals surface area contributed by atoms with Gasteiger partial charge in [-0.25, -0.2) is 0 Å². The highest BCUT2D eigenvalue weighted by atomic mass is 14.8. The van der Waals surface area contributed by atoms with E-state index in [1.165, 1.54) is 29.6 Å². The van der Waals surface area contributed by atoms with E-state index in [0.717, 1.165) is 6.42 Å². The quantitative estimate of drug-likeness (QED) is 0.643. The third kappa shape index (κ3) is 1.73. The zero-order chi connectivity index (χ0) is 12.7. The van der Waals surface area contributed by atoms with Gasteiger partial charge in [-0.2, -0.15) is 0 Å². The minimum Gasteiger partial charge on any atom is -0.285 e. The van der Waals surface area contributed by atoms with Gasteiger partial charge in [0.1, 0.15) is 0 Å². The van der Waals surface area contributed by atoms with Crippen LogP contribution in [-0.2, 0) is 0 Å². The lowest BCUT2D eigenvalue weighted by atomic mass is 9.71. The maximum Gasteiger partial charge on any atom is 0.0794 e. The zero-order valence-corrected chi connectivity index (χ0v) is 11.5. The standard InChI is InChI=1S/C17H21N/c1-4-11(2)14-10-15-12(3)5-6-13-7-8-18-16(9-13)17(14)15/h4,7-8,10,12,16H,5-6,9H2,1-3H3/b11-4+/t12?,16-/m0/s1. The Hall–Kier alpha value is -1.37. The average molecular weight is 239 g/mol. The lowest BCUT2D eigenvalue weighted by Gasteiger charge is -2.36. The molecule has 0 saturated heterocycles. The van der Waals surface area contributed by atoms with Gasteiger partial charge in [0, 0.05) is 6.21 Å². The molecule has 0 N–H and O–H groups in total. The van der Waals surface area contributed by atoms with Gasteiger partial charge in [0.05, 0.1) is 6.04 Å². The van der Waals surface area contributed by atoms with Crippen LogP contribution in [0.4, 0.5) is 0 Å². The number of hydrogen-bond donors (Lipinski definition) is 0. The second-order valence-electron chi connectivity index (χ2n) is 5.68. The molecule has 1 heterocycles. The maximum absolute atomic E-state index is 4.71. The molecule has 2 aliphatic carbocycles. The molecule has 2 atom stereocenters. The molecule has 0 aromatic heterocycles. The van der Waals surface area contributed by atoms with Crippen molar-refractivity contribution < 1.29 is 0 Å². The summed E-state index contributed by atoms with van der Waals surface area (Å²) in [7, 11) is 0. The highest BCUT2D eigenvalue weighted by Crippen LogP contribution is 2.45. The van der Waals surface area contributed by atoms with Crippen molar-refractivity contribution in [2.75, 3.05) is 0 Å². The minimum absolute atomic E-state index is 0.387. The van der Waals surface area contributed by atoms with Gasteiger partial charge in [-0.05, 0) is 67.4 Å². The summed E-state index contributed by atoms with van der Waals surface area (Å²) in [5, 5.41) is 0. The van der Waals surface area contributed by atoms with Gasteiger partial charge >= 0.3 is 0 Å². The second-order valence-corrected chi connectivity index (χ2v) is 5.68. The number of aliphatic imine (C=N–C) groups is 1. The van der Waals surface area contributed by atoms with Gasteiger partial charge in [0.2, 0.25) is 0 Å². The Kier molecular flexibility index (Phi) is 2.85. The second kappa shape index (κ2) is 4.38. The van der Waals surface area contributed by atoms with Crippen molar-refractivity contribution in [3.05, 3.63) is 46.1 Å². The zero-order valence-electron chi connectivity index (χ0n) is 11.5. The molecule has 1 aliphatic heterocycles. The number of fused-ring (bicyclic) bond motifs is 3. The van der Waals surface area contributed by atoms with E-state index >= 15 is 0 Å². The van der Waals surface area contributed by atoms with Crippen LogP contribution in [0.2, 0.25) is 0 Å². The number of rotatable bonds is 1. The van der Waals surface area contributed by atoms with Gasteiger partial charge < -0.3 is 0 Å². The molecule has 1 heteroatoms. The predicted octanol–water partition coefficient (Wildman–Crippen LogP) is 4.39.